The van der Waals surface area contributed by atoms with E-state index < -0.39 is 0 Å². The van der Waals surface area contributed by atoms with Crippen molar-refractivity contribution in [3.8, 4) is 0 Å². The van der Waals surface area contributed by atoms with Crippen LogP contribution in [0.3, 0.4) is 0 Å². The van der Waals surface area contributed by atoms with Gasteiger partial charge in [0.25, 0.3) is 0 Å². The second-order valence-electron chi connectivity index (χ2n) is 10.3. The van der Waals surface area contributed by atoms with Crippen LogP contribution in [0.5, 0.6) is 0 Å². The van der Waals surface area contributed by atoms with Gasteiger partial charge in [0.2, 0.25) is 0 Å². The molecule has 188 valence electrons. The third-order valence-electron chi connectivity index (χ3n) is 5.96. The summed E-state index contributed by atoms with van der Waals surface area (Å²) in [6, 6.07) is 0. The van der Waals surface area contributed by atoms with E-state index in [0.29, 0.717) is 5.25 Å². The maximum absolute atomic E-state index is 4.48. The van der Waals surface area contributed by atoms with Gasteiger partial charge in [-0.1, -0.05) is 76.8 Å². The fraction of sp³-hybridized carbons (Fsp3) is 0.625. The SMILES string of the molecule is CC(C)=CCC/C(C)=C/CC/C(C)=C/CC/C=C(\C)CC/C=C(\C)CCC=C(C)CC(C)S. The normalized spacial score (nSPS) is 15.1. The van der Waals surface area contributed by atoms with E-state index in [9.17, 15) is 0 Å². The quantitative estimate of drug-likeness (QED) is 0.122. The van der Waals surface area contributed by atoms with Gasteiger partial charge in [-0.15, -0.1) is 0 Å². The molecule has 0 amide bonds. The van der Waals surface area contributed by atoms with Crippen LogP contribution in [0.2, 0.25) is 0 Å². The number of hydrogen-bond acceptors (Lipinski definition) is 1. The van der Waals surface area contributed by atoms with Gasteiger partial charge in [-0.2, -0.15) is 12.6 Å². The first kappa shape index (κ1) is 31.8. The van der Waals surface area contributed by atoms with Crippen molar-refractivity contribution in [2.45, 2.75) is 131 Å². The molecule has 33 heavy (non-hydrogen) atoms. The minimum absolute atomic E-state index is 0.459. The molecule has 0 rings (SSSR count). The van der Waals surface area contributed by atoms with Gasteiger partial charge in [-0.3, -0.25) is 0 Å². The van der Waals surface area contributed by atoms with Crippen molar-refractivity contribution in [3.05, 3.63) is 69.9 Å². The number of rotatable bonds is 17. The van der Waals surface area contributed by atoms with Crippen molar-refractivity contribution in [2.75, 3.05) is 0 Å². The minimum Gasteiger partial charge on any atom is -0.176 e. The molecule has 0 saturated heterocycles. The highest BCUT2D eigenvalue weighted by Crippen LogP contribution is 2.16. The molecule has 1 atom stereocenters. The van der Waals surface area contributed by atoms with Crippen LogP contribution in [-0.4, -0.2) is 5.25 Å². The monoisotopic (exact) mass is 470 g/mol. The van der Waals surface area contributed by atoms with E-state index >= 15 is 0 Å². The summed E-state index contributed by atoms with van der Waals surface area (Å²) >= 11 is 4.48. The topological polar surface area (TPSA) is 0 Å². The highest BCUT2D eigenvalue weighted by molar-refractivity contribution is 7.80. The summed E-state index contributed by atoms with van der Waals surface area (Å²) in [6.07, 6.45) is 27.3. The van der Waals surface area contributed by atoms with Gasteiger partial charge < -0.3 is 0 Å². The molecule has 0 heterocycles. The third kappa shape index (κ3) is 22.4. The molecule has 0 spiro atoms. The molecule has 0 nitrogen and oxygen atoms in total. The molecule has 0 aliphatic rings. The predicted molar refractivity (Wildman–Crippen MR) is 157 cm³/mol. The van der Waals surface area contributed by atoms with E-state index in [1.165, 1.54) is 78.4 Å². The molecule has 1 unspecified atom stereocenters. The zero-order valence-corrected chi connectivity index (χ0v) is 24.2. The second-order valence-corrected chi connectivity index (χ2v) is 11.2. The van der Waals surface area contributed by atoms with Gasteiger partial charge in [0, 0.05) is 5.25 Å². The molecule has 1 heteroatoms. The van der Waals surface area contributed by atoms with Crippen molar-refractivity contribution in [1.29, 1.82) is 0 Å². The van der Waals surface area contributed by atoms with Crippen molar-refractivity contribution in [3.63, 3.8) is 0 Å². The Hall–Kier alpha value is -1.21. The lowest BCUT2D eigenvalue weighted by atomic mass is 10.0. The molecule has 0 fully saturated rings. The summed E-state index contributed by atoms with van der Waals surface area (Å²) in [7, 11) is 0. The van der Waals surface area contributed by atoms with Crippen LogP contribution in [0.25, 0.3) is 0 Å². The molecule has 0 bridgehead atoms. The Morgan fingerprint density at radius 1 is 0.485 bits per heavy atom. The summed E-state index contributed by atoms with van der Waals surface area (Å²) in [5.74, 6) is 0. The summed E-state index contributed by atoms with van der Waals surface area (Å²) in [5, 5.41) is 0.459. The molecule has 0 saturated carbocycles. The van der Waals surface area contributed by atoms with Crippen LogP contribution in [0, 0.1) is 0 Å². The van der Waals surface area contributed by atoms with Crippen molar-refractivity contribution in [1.82, 2.24) is 0 Å². The van der Waals surface area contributed by atoms with Crippen LogP contribution in [0.4, 0.5) is 0 Å². The highest BCUT2D eigenvalue weighted by atomic mass is 32.1. The maximum atomic E-state index is 4.48. The first-order valence-electron chi connectivity index (χ1n) is 13.2. The highest BCUT2D eigenvalue weighted by Gasteiger charge is 1.97. The maximum Gasteiger partial charge on any atom is 0.00255 e. The van der Waals surface area contributed by atoms with Gasteiger partial charge in [-0.25, -0.2) is 0 Å². The number of unbranched alkanes of at least 4 members (excludes halogenated alkanes) is 1. The van der Waals surface area contributed by atoms with Crippen molar-refractivity contribution >= 4 is 12.6 Å². The van der Waals surface area contributed by atoms with E-state index in [0.717, 1.165) is 25.7 Å². The van der Waals surface area contributed by atoms with Crippen LogP contribution in [-0.2, 0) is 0 Å². The lowest BCUT2D eigenvalue weighted by Crippen LogP contribution is -1.91. The summed E-state index contributed by atoms with van der Waals surface area (Å²) in [6.45, 7) is 17.9. The molecule has 0 aliphatic heterocycles. The summed E-state index contributed by atoms with van der Waals surface area (Å²) < 4.78 is 0. The summed E-state index contributed by atoms with van der Waals surface area (Å²) in [5.41, 5.74) is 8.99. The Bertz CT molecular complexity index is 703. The molecule has 0 aromatic carbocycles. The molecule has 0 N–H and O–H groups in total. The Labute approximate surface area is 213 Å². The average Bonchev–Trinajstić information content (AvgIpc) is 2.70. The zero-order valence-electron chi connectivity index (χ0n) is 23.3. The lowest BCUT2D eigenvalue weighted by Gasteiger charge is -2.05. The standard InChI is InChI=1S/C32H54S/c1-26(2)15-11-18-29(5)21-12-19-27(3)16-9-10-17-28(4)20-13-22-30(6)23-14-24-31(7)25-32(8)33/h15-17,21-22,24,32-33H,9-14,18-20,23,25H2,1-8H3/b27-16+,28-17+,29-21+,30-22+,31-24?. The largest absolute Gasteiger partial charge is 0.176 e. The smallest absolute Gasteiger partial charge is 0.00255 e. The third-order valence-corrected chi connectivity index (χ3v) is 6.14. The number of hydrogen-bond donors (Lipinski definition) is 1. The summed E-state index contributed by atoms with van der Waals surface area (Å²) in [4.78, 5) is 0. The van der Waals surface area contributed by atoms with Crippen LogP contribution in [0.15, 0.2) is 69.9 Å². The Morgan fingerprint density at radius 3 is 1.12 bits per heavy atom. The van der Waals surface area contributed by atoms with Crippen LogP contribution >= 0.6 is 12.6 Å². The van der Waals surface area contributed by atoms with Crippen molar-refractivity contribution in [2.24, 2.45) is 0 Å². The Morgan fingerprint density at radius 2 is 0.788 bits per heavy atom. The molecule has 0 aromatic rings. The fourth-order valence-corrected chi connectivity index (χ4v) is 4.13. The minimum atomic E-state index is 0.459. The Kier molecular flexibility index (Phi) is 19.4. The Balaban J connectivity index is 4.10. The van der Waals surface area contributed by atoms with Crippen LogP contribution < -0.4 is 0 Å². The van der Waals surface area contributed by atoms with E-state index in [4.69, 9.17) is 0 Å². The molecular weight excluding hydrogens is 416 g/mol. The van der Waals surface area contributed by atoms with E-state index in [1.54, 1.807) is 0 Å². The number of thiol groups is 1. The predicted octanol–water partition coefficient (Wildman–Crippen LogP) is 11.3. The van der Waals surface area contributed by atoms with Crippen molar-refractivity contribution < 1.29 is 0 Å². The van der Waals surface area contributed by atoms with E-state index in [1.807, 2.05) is 0 Å². The first-order chi connectivity index (χ1) is 15.6. The molecular formula is C32H54S. The van der Waals surface area contributed by atoms with Gasteiger partial charge >= 0.3 is 0 Å². The van der Waals surface area contributed by atoms with Gasteiger partial charge in [0.15, 0.2) is 0 Å². The van der Waals surface area contributed by atoms with Gasteiger partial charge in [0.05, 0.1) is 0 Å². The fourth-order valence-electron chi connectivity index (χ4n) is 3.84. The molecule has 0 aliphatic carbocycles. The molecule has 0 radical (unpaired) electrons. The van der Waals surface area contributed by atoms with Crippen LogP contribution in [0.1, 0.15) is 126 Å². The van der Waals surface area contributed by atoms with Gasteiger partial charge in [-0.05, 0) is 119 Å². The molecule has 0 aromatic heterocycles. The number of allylic oxidation sites excluding steroid dienone is 12. The van der Waals surface area contributed by atoms with E-state index in [2.05, 4.69) is 104 Å². The van der Waals surface area contributed by atoms with Gasteiger partial charge in [0.1, 0.15) is 0 Å². The second kappa shape index (κ2) is 20.2. The first-order valence-corrected chi connectivity index (χ1v) is 13.7. The van der Waals surface area contributed by atoms with E-state index in [-0.39, 0.29) is 0 Å². The zero-order chi connectivity index (χ0) is 25.1. The average molecular weight is 471 g/mol. The lowest BCUT2D eigenvalue weighted by molar-refractivity contribution is 0.885.